The fourth-order valence-electron chi connectivity index (χ4n) is 3.79. The molecule has 0 spiro atoms. The zero-order valence-corrected chi connectivity index (χ0v) is 19.6. The highest BCUT2D eigenvalue weighted by molar-refractivity contribution is 6.31. The average molecular weight is 483 g/mol. The predicted octanol–water partition coefficient (Wildman–Crippen LogP) is 6.55. The molecule has 2 N–H and O–H groups in total. The van der Waals surface area contributed by atoms with Crippen molar-refractivity contribution in [1.82, 2.24) is 10.3 Å². The van der Waals surface area contributed by atoms with E-state index < -0.39 is 0 Å². The molecule has 0 aliphatic rings. The van der Waals surface area contributed by atoms with E-state index in [0.29, 0.717) is 34.7 Å². The Hall–Kier alpha value is -2.99. The summed E-state index contributed by atoms with van der Waals surface area (Å²) in [6.07, 6.45) is 2.22. The number of aromatic nitrogens is 1. The van der Waals surface area contributed by atoms with Gasteiger partial charge in [0.2, 0.25) is 5.91 Å². The van der Waals surface area contributed by atoms with Crippen LogP contribution in [0.4, 0.5) is 0 Å². The van der Waals surface area contributed by atoms with Gasteiger partial charge in [0, 0.05) is 53.1 Å². The molecular weight excluding hydrogens is 459 g/mol. The van der Waals surface area contributed by atoms with Gasteiger partial charge in [-0.1, -0.05) is 35.3 Å². The van der Waals surface area contributed by atoms with Crippen LogP contribution >= 0.6 is 23.2 Å². The fourth-order valence-corrected chi connectivity index (χ4v) is 4.09. The number of hydrogen-bond acceptors (Lipinski definition) is 3. The molecule has 1 heterocycles. The molecule has 33 heavy (non-hydrogen) atoms. The number of halogens is 2. The summed E-state index contributed by atoms with van der Waals surface area (Å²) in [5.74, 6) is 1.10. The minimum absolute atomic E-state index is 0.0579. The lowest BCUT2D eigenvalue weighted by molar-refractivity contribution is -0.121. The first-order valence-electron chi connectivity index (χ1n) is 10.6. The quantitative estimate of drug-likeness (QED) is 0.265. The van der Waals surface area contributed by atoms with Crippen LogP contribution in [0.15, 0.2) is 72.9 Å². The van der Waals surface area contributed by atoms with E-state index in [1.807, 2.05) is 60.8 Å². The molecule has 3 aromatic carbocycles. The third-order valence-electron chi connectivity index (χ3n) is 5.38. The normalized spacial score (nSPS) is 12.0. The molecule has 0 aliphatic heterocycles. The van der Waals surface area contributed by atoms with Gasteiger partial charge < -0.3 is 19.8 Å². The van der Waals surface area contributed by atoms with Gasteiger partial charge in [0.05, 0.1) is 6.61 Å². The molecule has 0 fully saturated rings. The molecule has 7 heteroatoms. The summed E-state index contributed by atoms with van der Waals surface area (Å²) in [5, 5.41) is 5.20. The van der Waals surface area contributed by atoms with Crippen molar-refractivity contribution in [2.45, 2.75) is 12.3 Å². The molecule has 4 aromatic rings. The first-order chi connectivity index (χ1) is 16.0. The second-order valence-electron chi connectivity index (χ2n) is 7.66. The number of ether oxygens (including phenoxy) is 2. The molecule has 1 amide bonds. The van der Waals surface area contributed by atoms with E-state index in [-0.39, 0.29) is 18.2 Å². The van der Waals surface area contributed by atoms with Crippen LogP contribution in [0.3, 0.4) is 0 Å². The Labute approximate surface area is 202 Å². The van der Waals surface area contributed by atoms with Crippen molar-refractivity contribution in [3.05, 3.63) is 94.1 Å². The van der Waals surface area contributed by atoms with E-state index in [4.69, 9.17) is 32.7 Å². The zero-order valence-electron chi connectivity index (χ0n) is 18.1. The summed E-state index contributed by atoms with van der Waals surface area (Å²) < 4.78 is 11.1. The van der Waals surface area contributed by atoms with Crippen molar-refractivity contribution in [3.63, 3.8) is 0 Å². The van der Waals surface area contributed by atoms with Gasteiger partial charge in [-0.05, 0) is 65.7 Å². The van der Waals surface area contributed by atoms with Gasteiger partial charge in [-0.3, -0.25) is 4.79 Å². The van der Waals surface area contributed by atoms with Gasteiger partial charge in [0.15, 0.2) is 0 Å². The summed E-state index contributed by atoms with van der Waals surface area (Å²) in [5.41, 5.74) is 2.93. The van der Waals surface area contributed by atoms with Gasteiger partial charge in [0.1, 0.15) is 11.5 Å². The van der Waals surface area contributed by atoms with Crippen molar-refractivity contribution in [2.24, 2.45) is 0 Å². The minimum atomic E-state index is -0.200. The summed E-state index contributed by atoms with van der Waals surface area (Å²) in [6.45, 7) is 0.922. The molecule has 0 bridgehead atoms. The molecule has 4 rings (SSSR count). The minimum Gasteiger partial charge on any atom is -0.457 e. The summed E-state index contributed by atoms with van der Waals surface area (Å²) >= 11 is 12.3. The van der Waals surface area contributed by atoms with Gasteiger partial charge in [-0.25, -0.2) is 0 Å². The van der Waals surface area contributed by atoms with Crippen LogP contribution in [-0.2, 0) is 9.53 Å². The average Bonchev–Trinajstić information content (AvgIpc) is 3.22. The number of methoxy groups -OCH3 is 1. The smallest absolute Gasteiger partial charge is 0.221 e. The molecule has 0 aliphatic carbocycles. The number of carbonyl (C=O) groups excluding carboxylic acids is 1. The lowest BCUT2D eigenvalue weighted by atomic mass is 9.88. The van der Waals surface area contributed by atoms with Crippen LogP contribution in [-0.4, -0.2) is 31.2 Å². The molecule has 0 saturated carbocycles. The monoisotopic (exact) mass is 482 g/mol. The van der Waals surface area contributed by atoms with E-state index in [0.717, 1.165) is 22.0 Å². The summed E-state index contributed by atoms with van der Waals surface area (Å²) in [4.78, 5) is 16.1. The number of carbonyl (C=O) groups is 1. The number of amides is 1. The van der Waals surface area contributed by atoms with Gasteiger partial charge in [-0.2, -0.15) is 0 Å². The number of fused-ring (bicyclic) bond motifs is 1. The first-order valence-corrected chi connectivity index (χ1v) is 11.3. The van der Waals surface area contributed by atoms with Gasteiger partial charge in [0.25, 0.3) is 0 Å². The Morgan fingerprint density at radius 1 is 1.00 bits per heavy atom. The van der Waals surface area contributed by atoms with Crippen LogP contribution in [0.2, 0.25) is 10.0 Å². The van der Waals surface area contributed by atoms with Crippen LogP contribution in [0.25, 0.3) is 10.9 Å². The fraction of sp³-hybridized carbons (Fsp3) is 0.192. The molecule has 1 atom stereocenters. The Morgan fingerprint density at radius 2 is 1.79 bits per heavy atom. The van der Waals surface area contributed by atoms with Crippen molar-refractivity contribution >= 4 is 40.0 Å². The van der Waals surface area contributed by atoms with Crippen LogP contribution < -0.4 is 10.1 Å². The molecule has 0 radical (unpaired) electrons. The zero-order chi connectivity index (χ0) is 23.2. The predicted molar refractivity (Wildman–Crippen MR) is 133 cm³/mol. The topological polar surface area (TPSA) is 63.4 Å². The number of H-pyrrole nitrogens is 1. The Morgan fingerprint density at radius 3 is 2.58 bits per heavy atom. The van der Waals surface area contributed by atoms with Gasteiger partial charge in [-0.15, -0.1) is 0 Å². The number of hydrogen-bond donors (Lipinski definition) is 2. The third kappa shape index (κ3) is 5.88. The Kier molecular flexibility index (Phi) is 7.55. The highest BCUT2D eigenvalue weighted by atomic mass is 35.5. The maximum absolute atomic E-state index is 12.8. The first kappa shape index (κ1) is 23.2. The number of aromatic amines is 1. The lowest BCUT2D eigenvalue weighted by Gasteiger charge is -2.18. The van der Waals surface area contributed by atoms with Crippen LogP contribution in [0.1, 0.15) is 23.5 Å². The second kappa shape index (κ2) is 10.8. The highest BCUT2D eigenvalue weighted by Gasteiger charge is 2.22. The van der Waals surface area contributed by atoms with Crippen molar-refractivity contribution in [2.75, 3.05) is 20.3 Å². The molecule has 0 saturated heterocycles. The van der Waals surface area contributed by atoms with E-state index in [1.165, 1.54) is 0 Å². The van der Waals surface area contributed by atoms with E-state index >= 15 is 0 Å². The summed E-state index contributed by atoms with van der Waals surface area (Å²) in [6, 6.07) is 20.7. The standard InChI is InChI=1S/C26H24Cl2N2O3/c1-32-12-11-29-26(31)15-22(24-16-30-25-10-7-19(28)14-23(24)25)17-3-2-4-21(13-17)33-20-8-5-18(27)6-9-20/h2-10,13-14,16,22,30H,11-12,15H2,1H3,(H,29,31)/t22-/m1/s1. The summed E-state index contributed by atoms with van der Waals surface area (Å²) in [7, 11) is 1.61. The highest BCUT2D eigenvalue weighted by Crippen LogP contribution is 2.36. The maximum atomic E-state index is 12.8. The number of benzene rings is 3. The third-order valence-corrected chi connectivity index (χ3v) is 5.87. The molecule has 0 unspecified atom stereocenters. The van der Waals surface area contributed by atoms with Crippen molar-refractivity contribution in [1.29, 1.82) is 0 Å². The molecule has 5 nitrogen and oxygen atoms in total. The van der Waals surface area contributed by atoms with Gasteiger partial charge >= 0.3 is 0 Å². The largest absolute Gasteiger partial charge is 0.457 e. The Bertz CT molecular complexity index is 1240. The number of nitrogens with one attached hydrogen (secondary N) is 2. The van der Waals surface area contributed by atoms with Crippen molar-refractivity contribution in [3.8, 4) is 11.5 Å². The van der Waals surface area contributed by atoms with Crippen LogP contribution in [0.5, 0.6) is 11.5 Å². The van der Waals surface area contributed by atoms with Crippen LogP contribution in [0, 0.1) is 0 Å². The van der Waals surface area contributed by atoms with Crippen molar-refractivity contribution < 1.29 is 14.3 Å². The molecular formula is C26H24Cl2N2O3. The second-order valence-corrected chi connectivity index (χ2v) is 8.53. The maximum Gasteiger partial charge on any atom is 0.221 e. The molecule has 170 valence electrons. The number of rotatable bonds is 9. The molecule has 1 aromatic heterocycles. The SMILES string of the molecule is COCCNC(=O)C[C@H](c1cccc(Oc2ccc(Cl)cc2)c1)c1c[nH]c2ccc(Cl)cc12. The Balaban J connectivity index is 1.67. The van der Waals surface area contributed by atoms with E-state index in [9.17, 15) is 4.79 Å². The lowest BCUT2D eigenvalue weighted by Crippen LogP contribution is -2.28. The van der Waals surface area contributed by atoms with E-state index in [1.54, 1.807) is 19.2 Å². The van der Waals surface area contributed by atoms with E-state index in [2.05, 4.69) is 10.3 Å².